The van der Waals surface area contributed by atoms with Crippen LogP contribution in [0.5, 0.6) is 0 Å². The fourth-order valence-electron chi connectivity index (χ4n) is 6.05. The number of nitrogens with zero attached hydrogens (tertiary/aromatic N) is 2. The molecule has 0 radical (unpaired) electrons. The lowest BCUT2D eigenvalue weighted by atomic mass is 10.0. The van der Waals surface area contributed by atoms with E-state index in [2.05, 4.69) is 173 Å². The van der Waals surface area contributed by atoms with E-state index in [9.17, 15) is 0 Å². The van der Waals surface area contributed by atoms with Crippen LogP contribution in [-0.2, 0) is 0 Å². The highest BCUT2D eigenvalue weighted by molar-refractivity contribution is 7.25. The van der Waals surface area contributed by atoms with Crippen LogP contribution in [0.2, 0.25) is 0 Å². The van der Waals surface area contributed by atoms with E-state index in [-0.39, 0.29) is 0 Å². The zero-order chi connectivity index (χ0) is 31.2. The van der Waals surface area contributed by atoms with Crippen LogP contribution in [0.4, 0.5) is 28.4 Å². The summed E-state index contributed by atoms with van der Waals surface area (Å²) >= 11 is 1.86. The fraction of sp³-hybridized carbons (Fsp3) is 0.143. The number of aryl methyl sites for hydroxylation is 5. The van der Waals surface area contributed by atoms with Crippen LogP contribution < -0.4 is 9.80 Å². The average Bonchev–Trinajstić information content (AvgIpc) is 3.42. The molecule has 7 aromatic rings. The van der Waals surface area contributed by atoms with Gasteiger partial charge in [-0.05, 0) is 141 Å². The van der Waals surface area contributed by atoms with Gasteiger partial charge in [-0.15, -0.1) is 11.3 Å². The first-order valence-corrected chi connectivity index (χ1v) is 16.4. The van der Waals surface area contributed by atoms with Gasteiger partial charge in [-0.2, -0.15) is 0 Å². The van der Waals surface area contributed by atoms with Crippen molar-refractivity contribution in [3.05, 3.63) is 149 Å². The van der Waals surface area contributed by atoms with Crippen LogP contribution in [0.1, 0.15) is 27.8 Å². The summed E-state index contributed by atoms with van der Waals surface area (Å²) in [6.45, 7) is 10.9. The first kappa shape index (κ1) is 28.9. The molecule has 0 atom stereocenters. The number of thiophene rings is 1. The summed E-state index contributed by atoms with van der Waals surface area (Å²) in [5.74, 6) is 0. The molecule has 2 nitrogen and oxygen atoms in total. The monoisotopic (exact) mass is 602 g/mol. The van der Waals surface area contributed by atoms with E-state index in [0.717, 1.165) is 17.1 Å². The molecule has 45 heavy (non-hydrogen) atoms. The van der Waals surface area contributed by atoms with Crippen LogP contribution in [-0.4, -0.2) is 7.05 Å². The maximum Gasteiger partial charge on any atom is 0.0468 e. The van der Waals surface area contributed by atoms with Crippen molar-refractivity contribution in [3.8, 4) is 11.1 Å². The Morgan fingerprint density at radius 1 is 0.400 bits per heavy atom. The standard InChI is InChI=1S/C42H38N2S/c1-27-7-11-32(12-8-27)33-13-17-34(18-14-33)44(37-16-10-29(3)31(5)24-37)38-20-22-42-40(26-38)39-25-36(19-21-41(39)45-42)43(6)35-15-9-28(2)30(4)23-35/h7-26H,1-6H3. The third kappa shape index (κ3) is 5.49. The van der Waals surface area contributed by atoms with Gasteiger partial charge in [0, 0.05) is 55.7 Å². The van der Waals surface area contributed by atoms with Crippen molar-refractivity contribution in [3.63, 3.8) is 0 Å². The second-order valence-corrected chi connectivity index (χ2v) is 13.4. The number of fused-ring (bicyclic) bond motifs is 3. The summed E-state index contributed by atoms with van der Waals surface area (Å²) in [4.78, 5) is 4.68. The number of anilines is 5. The SMILES string of the molecule is Cc1ccc(-c2ccc(N(c3ccc(C)c(C)c3)c3ccc4sc5ccc(N(C)c6ccc(C)c(C)c6)cc5c4c3)cc2)cc1. The van der Waals surface area contributed by atoms with E-state index in [1.54, 1.807) is 0 Å². The summed E-state index contributed by atoms with van der Waals surface area (Å²) in [5.41, 5.74) is 14.8. The number of hydrogen-bond acceptors (Lipinski definition) is 3. The quantitative estimate of drug-likeness (QED) is 0.187. The molecule has 7 rings (SSSR count). The smallest absolute Gasteiger partial charge is 0.0468 e. The predicted molar refractivity (Wildman–Crippen MR) is 198 cm³/mol. The molecule has 3 heteroatoms. The lowest BCUT2D eigenvalue weighted by molar-refractivity contribution is 1.19. The van der Waals surface area contributed by atoms with Gasteiger partial charge in [0.2, 0.25) is 0 Å². The normalized spacial score (nSPS) is 11.3. The zero-order valence-electron chi connectivity index (χ0n) is 26.8. The van der Waals surface area contributed by atoms with Crippen LogP contribution >= 0.6 is 11.3 Å². The summed E-state index contributed by atoms with van der Waals surface area (Å²) in [7, 11) is 2.16. The summed E-state index contributed by atoms with van der Waals surface area (Å²) in [6.07, 6.45) is 0. The molecule has 1 heterocycles. The highest BCUT2D eigenvalue weighted by atomic mass is 32.1. The lowest BCUT2D eigenvalue weighted by Crippen LogP contribution is -2.10. The van der Waals surface area contributed by atoms with Crippen LogP contribution in [0.15, 0.2) is 121 Å². The van der Waals surface area contributed by atoms with Crippen molar-refractivity contribution in [1.82, 2.24) is 0 Å². The van der Waals surface area contributed by atoms with Crippen LogP contribution in [0, 0.1) is 34.6 Å². The largest absolute Gasteiger partial charge is 0.345 e. The molecule has 0 N–H and O–H groups in total. The number of benzene rings is 6. The van der Waals surface area contributed by atoms with Gasteiger partial charge in [0.1, 0.15) is 0 Å². The van der Waals surface area contributed by atoms with E-state index in [4.69, 9.17) is 0 Å². The lowest BCUT2D eigenvalue weighted by Gasteiger charge is -2.26. The Morgan fingerprint density at radius 3 is 1.42 bits per heavy atom. The first-order valence-electron chi connectivity index (χ1n) is 15.6. The van der Waals surface area contributed by atoms with Gasteiger partial charge in [0.15, 0.2) is 0 Å². The second kappa shape index (κ2) is 11.6. The minimum Gasteiger partial charge on any atom is -0.345 e. The Morgan fingerprint density at radius 2 is 0.822 bits per heavy atom. The van der Waals surface area contributed by atoms with Crippen molar-refractivity contribution in [2.24, 2.45) is 0 Å². The maximum absolute atomic E-state index is 2.39. The van der Waals surface area contributed by atoms with Gasteiger partial charge in [-0.1, -0.05) is 54.1 Å². The fourth-order valence-corrected chi connectivity index (χ4v) is 7.11. The summed E-state index contributed by atoms with van der Waals surface area (Å²) in [6, 6.07) is 45.0. The van der Waals surface area contributed by atoms with Crippen molar-refractivity contribution < 1.29 is 0 Å². The molecular formula is C42H38N2S. The molecule has 0 fully saturated rings. The van der Waals surface area contributed by atoms with Gasteiger partial charge < -0.3 is 9.80 Å². The summed E-state index contributed by atoms with van der Waals surface area (Å²) < 4.78 is 2.61. The van der Waals surface area contributed by atoms with Gasteiger partial charge in [0.05, 0.1) is 0 Å². The molecule has 1 aromatic heterocycles. The van der Waals surface area contributed by atoms with Crippen molar-refractivity contribution >= 4 is 59.9 Å². The molecule has 0 aliphatic heterocycles. The number of hydrogen-bond donors (Lipinski definition) is 0. The molecule has 0 amide bonds. The molecule has 0 saturated heterocycles. The van der Waals surface area contributed by atoms with E-state index in [1.807, 2.05) is 11.3 Å². The minimum atomic E-state index is 1.14. The Balaban J connectivity index is 1.33. The van der Waals surface area contributed by atoms with E-state index in [1.165, 1.54) is 70.5 Å². The van der Waals surface area contributed by atoms with E-state index >= 15 is 0 Å². The maximum atomic E-state index is 2.39. The Bertz CT molecular complexity index is 2170. The van der Waals surface area contributed by atoms with Crippen molar-refractivity contribution in [1.29, 1.82) is 0 Å². The minimum absolute atomic E-state index is 1.14. The third-order valence-electron chi connectivity index (χ3n) is 9.22. The molecule has 0 aliphatic carbocycles. The van der Waals surface area contributed by atoms with Crippen LogP contribution in [0.25, 0.3) is 31.3 Å². The molecule has 222 valence electrons. The van der Waals surface area contributed by atoms with E-state index in [0.29, 0.717) is 0 Å². The first-order chi connectivity index (χ1) is 21.7. The molecular weight excluding hydrogens is 565 g/mol. The zero-order valence-corrected chi connectivity index (χ0v) is 27.7. The number of rotatable bonds is 6. The molecule has 0 aliphatic rings. The molecule has 6 aromatic carbocycles. The summed E-state index contributed by atoms with van der Waals surface area (Å²) in [5, 5.41) is 2.58. The Kier molecular flexibility index (Phi) is 7.43. The molecule has 0 unspecified atom stereocenters. The van der Waals surface area contributed by atoms with Gasteiger partial charge in [0.25, 0.3) is 0 Å². The highest BCUT2D eigenvalue weighted by Gasteiger charge is 2.17. The Labute approximate surface area is 270 Å². The Hall–Kier alpha value is -4.86. The second-order valence-electron chi connectivity index (χ2n) is 12.3. The molecule has 0 bridgehead atoms. The molecule has 0 saturated carbocycles. The highest BCUT2D eigenvalue weighted by Crippen LogP contribution is 2.42. The third-order valence-corrected chi connectivity index (χ3v) is 10.4. The molecule has 0 spiro atoms. The van der Waals surface area contributed by atoms with Crippen LogP contribution in [0.3, 0.4) is 0 Å². The van der Waals surface area contributed by atoms with E-state index < -0.39 is 0 Å². The topological polar surface area (TPSA) is 6.48 Å². The average molecular weight is 603 g/mol. The van der Waals surface area contributed by atoms with Crippen molar-refractivity contribution in [2.45, 2.75) is 34.6 Å². The predicted octanol–water partition coefficient (Wildman–Crippen LogP) is 12.5. The van der Waals surface area contributed by atoms with Gasteiger partial charge >= 0.3 is 0 Å². The van der Waals surface area contributed by atoms with Gasteiger partial charge in [-0.3, -0.25) is 0 Å². The van der Waals surface area contributed by atoms with Gasteiger partial charge in [-0.25, -0.2) is 0 Å². The van der Waals surface area contributed by atoms with Crippen molar-refractivity contribution in [2.75, 3.05) is 16.8 Å².